The van der Waals surface area contributed by atoms with Crippen molar-refractivity contribution in [1.82, 2.24) is 10.1 Å². The number of sulfone groups is 1. The van der Waals surface area contributed by atoms with Crippen LogP contribution >= 0.6 is 0 Å². The van der Waals surface area contributed by atoms with Crippen molar-refractivity contribution in [3.05, 3.63) is 41.5 Å². The Morgan fingerprint density at radius 1 is 1.35 bits per heavy atom. The Balaban J connectivity index is 2.18. The van der Waals surface area contributed by atoms with Crippen LogP contribution < -0.4 is 5.73 Å². The number of nitrogens with zero attached hydrogens (tertiary/aromatic N) is 2. The fourth-order valence-electron chi connectivity index (χ4n) is 1.50. The normalized spacial score (nSPS) is 13.7. The Morgan fingerprint density at radius 3 is 2.75 bits per heavy atom. The largest absolute Gasteiger partial charge is 0.399 e. The van der Waals surface area contributed by atoms with Crippen LogP contribution in [0.3, 0.4) is 0 Å². The number of nitrogens with two attached hydrogens (primary N) is 1. The van der Waals surface area contributed by atoms with Gasteiger partial charge in [0, 0.05) is 18.0 Å². The van der Waals surface area contributed by atoms with E-state index in [1.54, 1.807) is 24.3 Å². The van der Waals surface area contributed by atoms with Crippen molar-refractivity contribution in [3.63, 3.8) is 0 Å². The van der Waals surface area contributed by atoms with E-state index in [2.05, 4.69) is 10.1 Å². The SMILES string of the molecule is CC(c1noc(/C=C/c2cccc(N)c2)n1)S(C)(=O)=O. The number of hydrogen-bond acceptors (Lipinski definition) is 6. The molecule has 106 valence electrons. The summed E-state index contributed by atoms with van der Waals surface area (Å²) in [6.45, 7) is 1.52. The molecule has 0 fully saturated rings. The van der Waals surface area contributed by atoms with Crippen molar-refractivity contribution >= 4 is 27.7 Å². The number of hydrogen-bond donors (Lipinski definition) is 1. The third-order valence-electron chi connectivity index (χ3n) is 2.79. The van der Waals surface area contributed by atoms with Gasteiger partial charge < -0.3 is 10.3 Å². The van der Waals surface area contributed by atoms with Gasteiger partial charge in [-0.15, -0.1) is 0 Å². The number of aromatic nitrogens is 2. The lowest BCUT2D eigenvalue weighted by Crippen LogP contribution is -2.09. The van der Waals surface area contributed by atoms with Crippen LogP contribution in [0, 0.1) is 0 Å². The number of rotatable bonds is 4. The van der Waals surface area contributed by atoms with Crippen LogP contribution in [0.15, 0.2) is 28.8 Å². The topological polar surface area (TPSA) is 99.1 Å². The van der Waals surface area contributed by atoms with Crippen LogP contribution in [0.1, 0.15) is 29.5 Å². The average Bonchev–Trinajstić information content (AvgIpc) is 2.83. The highest BCUT2D eigenvalue weighted by Crippen LogP contribution is 2.18. The molecule has 6 nitrogen and oxygen atoms in total. The van der Waals surface area contributed by atoms with Gasteiger partial charge in [-0.2, -0.15) is 4.98 Å². The quantitative estimate of drug-likeness (QED) is 0.865. The smallest absolute Gasteiger partial charge is 0.250 e. The predicted octanol–water partition coefficient (Wildman–Crippen LogP) is 1.93. The molecule has 0 amide bonds. The summed E-state index contributed by atoms with van der Waals surface area (Å²) in [4.78, 5) is 4.04. The van der Waals surface area contributed by atoms with Crippen LogP contribution in [0.4, 0.5) is 5.69 Å². The lowest BCUT2D eigenvalue weighted by molar-refractivity contribution is 0.402. The molecule has 1 unspecified atom stereocenters. The second-order valence-electron chi connectivity index (χ2n) is 4.47. The summed E-state index contributed by atoms with van der Waals surface area (Å²) in [5, 5.41) is 2.88. The highest BCUT2D eigenvalue weighted by Gasteiger charge is 2.22. The molecule has 7 heteroatoms. The molecule has 0 radical (unpaired) electrons. The predicted molar refractivity (Wildman–Crippen MR) is 77.3 cm³/mol. The average molecular weight is 293 g/mol. The number of nitrogen functional groups attached to an aromatic ring is 1. The summed E-state index contributed by atoms with van der Waals surface area (Å²) >= 11 is 0. The molecule has 2 aromatic rings. The van der Waals surface area contributed by atoms with Gasteiger partial charge in [0.15, 0.2) is 15.7 Å². The van der Waals surface area contributed by atoms with Gasteiger partial charge in [-0.05, 0) is 30.7 Å². The maximum atomic E-state index is 11.4. The maximum absolute atomic E-state index is 11.4. The van der Waals surface area contributed by atoms with Gasteiger partial charge in [-0.25, -0.2) is 8.42 Å². The summed E-state index contributed by atoms with van der Waals surface area (Å²) in [6.07, 6.45) is 4.51. The summed E-state index contributed by atoms with van der Waals surface area (Å²) in [5.74, 6) is 0.401. The minimum Gasteiger partial charge on any atom is -0.399 e. The third-order valence-corrected chi connectivity index (χ3v) is 4.29. The zero-order valence-corrected chi connectivity index (χ0v) is 12.0. The molecule has 1 aromatic carbocycles. The van der Waals surface area contributed by atoms with Gasteiger partial charge in [0.25, 0.3) is 5.89 Å². The van der Waals surface area contributed by atoms with E-state index in [9.17, 15) is 8.42 Å². The molecule has 0 aliphatic rings. The molecule has 1 heterocycles. The minimum atomic E-state index is -3.24. The lowest BCUT2D eigenvalue weighted by atomic mass is 10.2. The molecule has 0 aliphatic heterocycles. The van der Waals surface area contributed by atoms with Crippen LogP contribution in [-0.4, -0.2) is 24.8 Å². The molecule has 0 aliphatic carbocycles. The Hall–Kier alpha value is -2.15. The van der Waals surface area contributed by atoms with Gasteiger partial charge >= 0.3 is 0 Å². The van der Waals surface area contributed by atoms with Gasteiger partial charge in [-0.3, -0.25) is 0 Å². The van der Waals surface area contributed by atoms with Crippen LogP contribution in [-0.2, 0) is 9.84 Å². The van der Waals surface area contributed by atoms with E-state index in [4.69, 9.17) is 10.3 Å². The molecule has 0 bridgehead atoms. The van der Waals surface area contributed by atoms with Crippen molar-refractivity contribution in [2.75, 3.05) is 12.0 Å². The van der Waals surface area contributed by atoms with Crippen LogP contribution in [0.2, 0.25) is 0 Å². The molecule has 2 N–H and O–H groups in total. The molecule has 1 aromatic heterocycles. The van der Waals surface area contributed by atoms with Crippen LogP contribution in [0.5, 0.6) is 0 Å². The van der Waals surface area contributed by atoms with Crippen LogP contribution in [0.25, 0.3) is 12.2 Å². The zero-order chi connectivity index (χ0) is 14.8. The van der Waals surface area contributed by atoms with Crippen molar-refractivity contribution in [2.45, 2.75) is 12.2 Å². The van der Waals surface area contributed by atoms with Crippen molar-refractivity contribution in [3.8, 4) is 0 Å². The number of anilines is 1. The summed E-state index contributed by atoms with van der Waals surface area (Å²) < 4.78 is 27.8. The second-order valence-corrected chi connectivity index (χ2v) is 6.83. The van der Waals surface area contributed by atoms with E-state index in [1.165, 1.54) is 6.92 Å². The Bertz CT molecular complexity index is 735. The standard InChI is InChI=1S/C13H15N3O3S/c1-9(20(2,17)18)13-15-12(19-16-13)7-6-10-4-3-5-11(14)8-10/h3-9H,14H2,1-2H3/b7-6+. The molecular formula is C13H15N3O3S. The Labute approximate surface area is 117 Å². The first-order valence-corrected chi connectivity index (χ1v) is 7.88. The number of benzene rings is 1. The fourth-order valence-corrected chi connectivity index (χ4v) is 1.98. The van der Waals surface area contributed by atoms with Crippen molar-refractivity contribution in [1.29, 1.82) is 0 Å². The van der Waals surface area contributed by atoms with Gasteiger partial charge in [0.05, 0.1) is 0 Å². The Morgan fingerprint density at radius 2 is 2.10 bits per heavy atom. The lowest BCUT2D eigenvalue weighted by Gasteiger charge is -2.01. The van der Waals surface area contributed by atoms with E-state index in [1.807, 2.05) is 12.1 Å². The summed E-state index contributed by atoms with van der Waals surface area (Å²) in [5.41, 5.74) is 7.21. The third kappa shape index (κ3) is 3.45. The molecule has 1 atom stereocenters. The van der Waals surface area contributed by atoms with Crippen molar-refractivity contribution in [2.24, 2.45) is 0 Å². The maximum Gasteiger partial charge on any atom is 0.250 e. The highest BCUT2D eigenvalue weighted by molar-refractivity contribution is 7.90. The van der Waals surface area contributed by atoms with E-state index in [-0.39, 0.29) is 11.7 Å². The second kappa shape index (κ2) is 5.46. The van der Waals surface area contributed by atoms with E-state index in [0.29, 0.717) is 5.69 Å². The molecule has 0 saturated carbocycles. The highest BCUT2D eigenvalue weighted by atomic mass is 32.2. The van der Waals surface area contributed by atoms with Gasteiger partial charge in [-0.1, -0.05) is 17.3 Å². The minimum absolute atomic E-state index is 0.153. The molecule has 0 saturated heterocycles. The fraction of sp³-hybridized carbons (Fsp3) is 0.231. The molecule has 2 rings (SSSR count). The van der Waals surface area contributed by atoms with Gasteiger partial charge in [0.2, 0.25) is 0 Å². The van der Waals surface area contributed by atoms with Gasteiger partial charge in [0.1, 0.15) is 5.25 Å². The van der Waals surface area contributed by atoms with E-state index < -0.39 is 15.1 Å². The first-order valence-electron chi connectivity index (χ1n) is 5.92. The Kier molecular flexibility index (Phi) is 3.89. The molecule has 0 spiro atoms. The van der Waals surface area contributed by atoms with E-state index in [0.717, 1.165) is 11.8 Å². The summed E-state index contributed by atoms with van der Waals surface area (Å²) in [7, 11) is -3.24. The molecule has 20 heavy (non-hydrogen) atoms. The summed E-state index contributed by atoms with van der Waals surface area (Å²) in [6, 6.07) is 7.30. The molecular weight excluding hydrogens is 278 g/mol. The zero-order valence-electron chi connectivity index (χ0n) is 11.1. The van der Waals surface area contributed by atoms with Crippen molar-refractivity contribution < 1.29 is 12.9 Å². The van der Waals surface area contributed by atoms with E-state index >= 15 is 0 Å². The first-order chi connectivity index (χ1) is 9.36. The monoisotopic (exact) mass is 293 g/mol. The first kappa shape index (κ1) is 14.3.